The minimum absolute atomic E-state index is 0.0170. The number of phenolic OH excluding ortho intramolecular Hbond substituents is 1. The Hall–Kier alpha value is -3.71. The van der Waals surface area contributed by atoms with Crippen molar-refractivity contribution < 1.29 is 34.2 Å². The van der Waals surface area contributed by atoms with Crippen LogP contribution in [0, 0.1) is 40.4 Å². The molecular formula is C41H48O7. The third-order valence-electron chi connectivity index (χ3n) is 12.3. The lowest BCUT2D eigenvalue weighted by Gasteiger charge is -2.61. The molecule has 0 aromatic heterocycles. The zero-order valence-electron chi connectivity index (χ0n) is 28.9. The van der Waals surface area contributed by atoms with Gasteiger partial charge >= 0.3 is 0 Å². The molecule has 4 aliphatic carbocycles. The van der Waals surface area contributed by atoms with E-state index in [0.717, 1.165) is 42.4 Å². The number of carbonyl (C=O) groups is 5. The highest BCUT2D eigenvalue weighted by Crippen LogP contribution is 2.64. The van der Waals surface area contributed by atoms with E-state index in [9.17, 15) is 34.2 Å². The SMILES string of the molecule is C=C(Cc1ccc(-c2ccc(O)c3c2C[C@]2(C)C[C@]4(C)C(C(C)C)C(=O)C(C(C)=O)C(=O)[C@]4(O)C(=O)C2C3=O)cc1)CC1CCCCC1. The third kappa shape index (κ3) is 5.07. The fourth-order valence-electron chi connectivity index (χ4n) is 10.4. The van der Waals surface area contributed by atoms with E-state index in [2.05, 4.69) is 18.7 Å². The Bertz CT molecular complexity index is 1730. The van der Waals surface area contributed by atoms with Crippen molar-refractivity contribution in [1.29, 1.82) is 0 Å². The number of aliphatic hydroxyl groups is 1. The van der Waals surface area contributed by atoms with Crippen molar-refractivity contribution in [3.8, 4) is 16.9 Å². The first-order valence-electron chi connectivity index (χ1n) is 17.6. The number of phenols is 1. The highest BCUT2D eigenvalue weighted by Gasteiger charge is 2.76. The highest BCUT2D eigenvalue weighted by atomic mass is 16.3. The zero-order chi connectivity index (χ0) is 34.9. The number of allylic oxidation sites excluding steroid dienone is 1. The Balaban J connectivity index is 1.37. The van der Waals surface area contributed by atoms with Gasteiger partial charge in [0.05, 0.1) is 11.5 Å². The Labute approximate surface area is 283 Å². The van der Waals surface area contributed by atoms with Crippen molar-refractivity contribution in [1.82, 2.24) is 0 Å². The number of benzene rings is 2. The first-order valence-corrected chi connectivity index (χ1v) is 17.6. The van der Waals surface area contributed by atoms with Gasteiger partial charge in [-0.15, -0.1) is 0 Å². The molecule has 48 heavy (non-hydrogen) atoms. The van der Waals surface area contributed by atoms with E-state index >= 15 is 0 Å². The van der Waals surface area contributed by atoms with Crippen LogP contribution in [0.3, 0.4) is 0 Å². The van der Waals surface area contributed by atoms with Crippen LogP contribution >= 0.6 is 0 Å². The zero-order valence-corrected chi connectivity index (χ0v) is 28.9. The first kappa shape index (κ1) is 34.2. The molecule has 6 rings (SSSR count). The summed E-state index contributed by atoms with van der Waals surface area (Å²) in [6, 6.07) is 11.4. The summed E-state index contributed by atoms with van der Waals surface area (Å²) in [7, 11) is 0. The Kier molecular flexibility index (Phi) is 8.55. The molecule has 254 valence electrons. The maximum Gasteiger partial charge on any atom is 0.190 e. The average Bonchev–Trinajstić information content (AvgIpc) is 2.99. The summed E-state index contributed by atoms with van der Waals surface area (Å²) in [4.78, 5) is 69.1. The van der Waals surface area contributed by atoms with Gasteiger partial charge in [-0.05, 0) is 78.2 Å². The number of carbonyl (C=O) groups excluding carboxylic acids is 5. The molecule has 0 amide bonds. The molecule has 2 aromatic carbocycles. The van der Waals surface area contributed by atoms with Crippen LogP contribution < -0.4 is 0 Å². The third-order valence-corrected chi connectivity index (χ3v) is 12.3. The molecule has 2 N–H and O–H groups in total. The van der Waals surface area contributed by atoms with E-state index in [1.165, 1.54) is 43.7 Å². The largest absolute Gasteiger partial charge is 0.507 e. The second kappa shape index (κ2) is 12.0. The van der Waals surface area contributed by atoms with Crippen LogP contribution in [0.4, 0.5) is 0 Å². The van der Waals surface area contributed by atoms with Gasteiger partial charge in [0, 0.05) is 11.3 Å². The van der Waals surface area contributed by atoms with Gasteiger partial charge in [-0.3, -0.25) is 24.0 Å². The van der Waals surface area contributed by atoms with Crippen LogP contribution in [0.1, 0.15) is 101 Å². The number of ketones is 5. The van der Waals surface area contributed by atoms with Crippen molar-refractivity contribution in [3.63, 3.8) is 0 Å². The number of rotatable bonds is 7. The quantitative estimate of drug-likeness (QED) is 0.248. The minimum Gasteiger partial charge on any atom is -0.507 e. The van der Waals surface area contributed by atoms with Crippen molar-refractivity contribution in [2.45, 2.75) is 98.0 Å². The van der Waals surface area contributed by atoms with Crippen LogP contribution in [-0.4, -0.2) is 44.7 Å². The Morgan fingerprint density at radius 3 is 2.21 bits per heavy atom. The molecule has 0 spiro atoms. The normalized spacial score (nSPS) is 32.1. The van der Waals surface area contributed by atoms with E-state index in [0.29, 0.717) is 5.56 Å². The Morgan fingerprint density at radius 2 is 1.60 bits per heavy atom. The molecule has 3 unspecified atom stereocenters. The second-order valence-electron chi connectivity index (χ2n) is 16.1. The molecule has 7 nitrogen and oxygen atoms in total. The summed E-state index contributed by atoms with van der Waals surface area (Å²) < 4.78 is 0. The minimum atomic E-state index is -2.70. The standard InChI is InChI=1S/C41H48O7/c1-22(2)33-35(44)31(24(4)42)37(46)41(48)38(47)34-36(45)32-29(20-39(34,5)21-40(33,41)6)28(16-17-30(32)43)27-14-12-26(13-15-27)19-23(3)18-25-10-8-7-9-11-25/h12-17,22,25,31,33-34,43,48H,3,7-11,18-21H2,1-2,4-6H3/t31?,33?,34?,39-,40-,41+/m1/s1. The van der Waals surface area contributed by atoms with Gasteiger partial charge in [0.15, 0.2) is 28.7 Å². The lowest BCUT2D eigenvalue weighted by molar-refractivity contribution is -0.205. The fourth-order valence-corrected chi connectivity index (χ4v) is 10.4. The molecule has 3 saturated carbocycles. The van der Waals surface area contributed by atoms with Crippen molar-refractivity contribution in [2.75, 3.05) is 0 Å². The summed E-state index contributed by atoms with van der Waals surface area (Å²) >= 11 is 0. The molecule has 6 atom stereocenters. The molecular weight excluding hydrogens is 604 g/mol. The molecule has 0 heterocycles. The fraction of sp³-hybridized carbons (Fsp3) is 0.537. The van der Waals surface area contributed by atoms with Gasteiger partial charge in [0.1, 0.15) is 17.5 Å². The molecule has 0 saturated heterocycles. The maximum atomic E-state index is 14.5. The van der Waals surface area contributed by atoms with Crippen molar-refractivity contribution in [2.24, 2.45) is 40.4 Å². The van der Waals surface area contributed by atoms with E-state index in [1.54, 1.807) is 33.8 Å². The van der Waals surface area contributed by atoms with E-state index in [-0.39, 0.29) is 30.1 Å². The van der Waals surface area contributed by atoms with Crippen LogP contribution in [0.5, 0.6) is 5.75 Å². The van der Waals surface area contributed by atoms with E-state index in [4.69, 9.17) is 0 Å². The van der Waals surface area contributed by atoms with E-state index < -0.39 is 63.1 Å². The summed E-state index contributed by atoms with van der Waals surface area (Å²) in [6.45, 7) is 12.4. The van der Waals surface area contributed by atoms with Gasteiger partial charge in [-0.25, -0.2) is 0 Å². The van der Waals surface area contributed by atoms with Gasteiger partial charge in [-0.1, -0.05) is 102 Å². The van der Waals surface area contributed by atoms with Gasteiger partial charge < -0.3 is 10.2 Å². The van der Waals surface area contributed by atoms with Crippen molar-refractivity contribution in [3.05, 3.63) is 65.2 Å². The summed E-state index contributed by atoms with van der Waals surface area (Å²) in [5, 5.41) is 23.3. The van der Waals surface area contributed by atoms with Gasteiger partial charge in [0.25, 0.3) is 0 Å². The number of hydrogen-bond acceptors (Lipinski definition) is 7. The molecule has 3 fully saturated rings. The highest BCUT2D eigenvalue weighted by molar-refractivity contribution is 6.32. The summed E-state index contributed by atoms with van der Waals surface area (Å²) in [5.74, 6) is -8.16. The average molecular weight is 653 g/mol. The van der Waals surface area contributed by atoms with Crippen LogP contribution in [0.15, 0.2) is 48.6 Å². The first-order chi connectivity index (χ1) is 22.5. The molecule has 0 bridgehead atoms. The maximum absolute atomic E-state index is 14.5. The van der Waals surface area contributed by atoms with Crippen LogP contribution in [-0.2, 0) is 32.0 Å². The second-order valence-corrected chi connectivity index (χ2v) is 16.1. The number of hydrogen-bond donors (Lipinski definition) is 2. The molecule has 4 aliphatic rings. The lowest BCUT2D eigenvalue weighted by Crippen LogP contribution is -2.76. The number of aromatic hydroxyl groups is 1. The molecule has 7 heteroatoms. The molecule has 0 aliphatic heterocycles. The molecule has 0 radical (unpaired) electrons. The van der Waals surface area contributed by atoms with Crippen LogP contribution in [0.25, 0.3) is 11.1 Å². The topological polar surface area (TPSA) is 126 Å². The monoisotopic (exact) mass is 652 g/mol. The number of Topliss-reactive ketones (excluding diaryl/α,β-unsaturated/α-hetero) is 5. The Morgan fingerprint density at radius 1 is 0.958 bits per heavy atom. The van der Waals surface area contributed by atoms with Gasteiger partial charge in [-0.2, -0.15) is 0 Å². The molecule has 2 aromatic rings. The van der Waals surface area contributed by atoms with E-state index in [1.807, 2.05) is 12.1 Å². The smallest absolute Gasteiger partial charge is 0.190 e. The lowest BCUT2D eigenvalue weighted by atomic mass is 9.40. The van der Waals surface area contributed by atoms with Gasteiger partial charge in [0.2, 0.25) is 0 Å². The van der Waals surface area contributed by atoms with Crippen LogP contribution in [0.2, 0.25) is 0 Å². The summed E-state index contributed by atoms with van der Waals surface area (Å²) in [6.07, 6.45) is 8.56. The number of fused-ring (bicyclic) bond motifs is 3. The van der Waals surface area contributed by atoms with Crippen molar-refractivity contribution >= 4 is 28.9 Å². The predicted molar refractivity (Wildman–Crippen MR) is 182 cm³/mol. The summed E-state index contributed by atoms with van der Waals surface area (Å²) in [5.41, 5.74) is -0.697. The predicted octanol–water partition coefficient (Wildman–Crippen LogP) is 6.83.